The maximum atomic E-state index is 12.6. The predicted molar refractivity (Wildman–Crippen MR) is 119 cm³/mol. The number of aliphatic carboxylic acids is 1. The molecule has 0 fully saturated rings. The van der Waals surface area contributed by atoms with Crippen LogP contribution in [0, 0.1) is 0 Å². The largest absolute Gasteiger partial charge is 0.481 e. The van der Waals surface area contributed by atoms with E-state index in [0.29, 0.717) is 11.3 Å². The van der Waals surface area contributed by atoms with E-state index in [1.54, 1.807) is 30.6 Å². The fraction of sp³-hybridized carbons (Fsp3) is 0.0870. The second-order valence-electron chi connectivity index (χ2n) is 6.84. The smallest absolute Gasteiger partial charge is 0.305 e. The molecule has 0 bridgehead atoms. The number of benzene rings is 3. The zero-order valence-corrected chi connectivity index (χ0v) is 17.4. The SMILES string of the molecule is O=C(O)CC(c1ccccc1)n1cnc2ccc(NC(=O)c3cccc(Br)c3)cc21. The first kappa shape index (κ1) is 19.8. The van der Waals surface area contributed by atoms with E-state index >= 15 is 0 Å². The van der Waals surface area contributed by atoms with E-state index in [1.165, 1.54) is 0 Å². The lowest BCUT2D eigenvalue weighted by molar-refractivity contribution is -0.137. The summed E-state index contributed by atoms with van der Waals surface area (Å²) in [4.78, 5) is 28.5. The molecule has 4 rings (SSSR count). The van der Waals surface area contributed by atoms with Crippen molar-refractivity contribution in [2.45, 2.75) is 12.5 Å². The molecule has 150 valence electrons. The average molecular weight is 464 g/mol. The molecular formula is C23H18BrN3O3. The highest BCUT2D eigenvalue weighted by molar-refractivity contribution is 9.10. The van der Waals surface area contributed by atoms with Crippen LogP contribution in [0.4, 0.5) is 5.69 Å². The molecule has 4 aromatic rings. The Bertz CT molecular complexity index is 1220. The van der Waals surface area contributed by atoms with E-state index in [1.807, 2.05) is 53.1 Å². The van der Waals surface area contributed by atoms with Crippen molar-refractivity contribution in [3.05, 3.63) is 94.7 Å². The second-order valence-corrected chi connectivity index (χ2v) is 7.76. The molecule has 1 atom stereocenters. The summed E-state index contributed by atoms with van der Waals surface area (Å²) in [6.07, 6.45) is 1.56. The van der Waals surface area contributed by atoms with Gasteiger partial charge in [0.15, 0.2) is 0 Å². The van der Waals surface area contributed by atoms with Crippen LogP contribution in [0.15, 0.2) is 83.6 Å². The third kappa shape index (κ3) is 4.26. The van der Waals surface area contributed by atoms with Gasteiger partial charge < -0.3 is 15.0 Å². The summed E-state index contributed by atoms with van der Waals surface area (Å²) in [5.74, 6) is -1.13. The summed E-state index contributed by atoms with van der Waals surface area (Å²) in [6, 6.07) is 21.6. The molecule has 0 saturated heterocycles. The molecule has 6 nitrogen and oxygen atoms in total. The molecule has 2 N–H and O–H groups in total. The number of amides is 1. The lowest BCUT2D eigenvalue weighted by Crippen LogP contribution is -2.15. The normalized spacial score (nSPS) is 11.9. The Kier molecular flexibility index (Phi) is 5.63. The second kappa shape index (κ2) is 8.51. The van der Waals surface area contributed by atoms with E-state index in [9.17, 15) is 14.7 Å². The van der Waals surface area contributed by atoms with E-state index in [2.05, 4.69) is 26.2 Å². The number of hydrogen-bond acceptors (Lipinski definition) is 3. The number of fused-ring (bicyclic) bond motifs is 1. The Morgan fingerprint density at radius 3 is 2.57 bits per heavy atom. The van der Waals surface area contributed by atoms with Gasteiger partial charge >= 0.3 is 5.97 Å². The molecule has 7 heteroatoms. The van der Waals surface area contributed by atoms with Crippen molar-refractivity contribution >= 4 is 44.5 Å². The van der Waals surface area contributed by atoms with Crippen LogP contribution in [0.5, 0.6) is 0 Å². The summed E-state index contributed by atoms with van der Waals surface area (Å²) in [7, 11) is 0. The van der Waals surface area contributed by atoms with Crippen LogP contribution < -0.4 is 5.32 Å². The van der Waals surface area contributed by atoms with E-state index in [-0.39, 0.29) is 12.3 Å². The van der Waals surface area contributed by atoms with Gasteiger partial charge in [-0.2, -0.15) is 0 Å². The molecule has 1 heterocycles. The molecule has 1 unspecified atom stereocenters. The summed E-state index contributed by atoms with van der Waals surface area (Å²) in [5.41, 5.74) is 3.49. The lowest BCUT2D eigenvalue weighted by atomic mass is 10.0. The van der Waals surface area contributed by atoms with Crippen molar-refractivity contribution < 1.29 is 14.7 Å². The first-order valence-corrected chi connectivity index (χ1v) is 10.1. The van der Waals surface area contributed by atoms with Gasteiger partial charge in [0.05, 0.1) is 29.8 Å². The van der Waals surface area contributed by atoms with Gasteiger partial charge in [-0.15, -0.1) is 0 Å². The third-order valence-electron chi connectivity index (χ3n) is 4.81. The molecular weight excluding hydrogens is 446 g/mol. The van der Waals surface area contributed by atoms with Crippen molar-refractivity contribution in [1.82, 2.24) is 9.55 Å². The Hall–Kier alpha value is -3.45. The first-order valence-electron chi connectivity index (χ1n) is 9.31. The Morgan fingerprint density at radius 1 is 1.03 bits per heavy atom. The maximum Gasteiger partial charge on any atom is 0.305 e. The maximum absolute atomic E-state index is 12.6. The number of carboxylic acids is 1. The number of rotatable bonds is 6. The minimum absolute atomic E-state index is 0.0793. The van der Waals surface area contributed by atoms with Crippen LogP contribution in [0.3, 0.4) is 0 Å². The number of carbonyl (C=O) groups excluding carboxylic acids is 1. The van der Waals surface area contributed by atoms with Crippen LogP contribution in [0.2, 0.25) is 0 Å². The molecule has 0 aliphatic rings. The van der Waals surface area contributed by atoms with E-state index < -0.39 is 12.0 Å². The highest BCUT2D eigenvalue weighted by Crippen LogP contribution is 2.28. The Labute approximate surface area is 181 Å². The number of nitrogens with zero attached hydrogens (tertiary/aromatic N) is 2. The van der Waals surface area contributed by atoms with Gasteiger partial charge in [0, 0.05) is 15.7 Å². The average Bonchev–Trinajstić information content (AvgIpc) is 3.15. The van der Waals surface area contributed by atoms with Crippen LogP contribution in [0.25, 0.3) is 11.0 Å². The quantitative estimate of drug-likeness (QED) is 0.415. The highest BCUT2D eigenvalue weighted by atomic mass is 79.9. The summed E-state index contributed by atoms with van der Waals surface area (Å²) in [6.45, 7) is 0. The molecule has 1 aromatic heterocycles. The van der Waals surface area contributed by atoms with Crippen LogP contribution in [-0.2, 0) is 4.79 Å². The molecule has 0 spiro atoms. The summed E-state index contributed by atoms with van der Waals surface area (Å²) >= 11 is 3.37. The number of carboxylic acid groups (broad SMARTS) is 1. The first-order chi connectivity index (χ1) is 14.5. The molecule has 0 radical (unpaired) electrons. The van der Waals surface area contributed by atoms with Gasteiger partial charge in [0.25, 0.3) is 5.91 Å². The van der Waals surface area contributed by atoms with Crippen LogP contribution in [-0.4, -0.2) is 26.5 Å². The minimum Gasteiger partial charge on any atom is -0.481 e. The summed E-state index contributed by atoms with van der Waals surface area (Å²) in [5, 5.41) is 12.3. The minimum atomic E-state index is -0.898. The van der Waals surface area contributed by atoms with Gasteiger partial charge in [-0.25, -0.2) is 4.98 Å². The molecule has 0 aliphatic heterocycles. The zero-order valence-electron chi connectivity index (χ0n) is 15.8. The summed E-state index contributed by atoms with van der Waals surface area (Å²) < 4.78 is 2.66. The van der Waals surface area contributed by atoms with Crippen molar-refractivity contribution in [3.8, 4) is 0 Å². The number of anilines is 1. The fourth-order valence-electron chi connectivity index (χ4n) is 3.40. The predicted octanol–water partition coefficient (Wildman–Crippen LogP) is 5.12. The van der Waals surface area contributed by atoms with E-state index in [0.717, 1.165) is 21.1 Å². The van der Waals surface area contributed by atoms with Crippen molar-refractivity contribution in [2.24, 2.45) is 0 Å². The number of carbonyl (C=O) groups is 2. The van der Waals surface area contributed by atoms with Crippen molar-refractivity contribution in [3.63, 3.8) is 0 Å². The van der Waals surface area contributed by atoms with Gasteiger partial charge in [-0.1, -0.05) is 52.3 Å². The molecule has 1 amide bonds. The molecule has 30 heavy (non-hydrogen) atoms. The highest BCUT2D eigenvalue weighted by Gasteiger charge is 2.20. The monoisotopic (exact) mass is 463 g/mol. The molecule has 0 aliphatic carbocycles. The third-order valence-corrected chi connectivity index (χ3v) is 5.30. The van der Waals surface area contributed by atoms with E-state index in [4.69, 9.17) is 0 Å². The van der Waals surface area contributed by atoms with Crippen molar-refractivity contribution in [2.75, 3.05) is 5.32 Å². The number of hydrogen-bond donors (Lipinski definition) is 2. The van der Waals surface area contributed by atoms with Gasteiger partial charge in [0.1, 0.15) is 0 Å². The van der Waals surface area contributed by atoms with Crippen LogP contribution in [0.1, 0.15) is 28.4 Å². The topological polar surface area (TPSA) is 84.2 Å². The Morgan fingerprint density at radius 2 is 1.83 bits per heavy atom. The van der Waals surface area contributed by atoms with Crippen molar-refractivity contribution in [1.29, 1.82) is 0 Å². The number of imidazole rings is 1. The zero-order chi connectivity index (χ0) is 21.1. The van der Waals surface area contributed by atoms with Gasteiger partial charge in [-0.3, -0.25) is 9.59 Å². The molecule has 0 saturated carbocycles. The standard InChI is InChI=1S/C23H18BrN3O3/c24-17-8-4-7-16(11-17)23(30)26-18-9-10-19-21(12-18)27(14-25-19)20(13-22(28)29)15-5-2-1-3-6-15/h1-12,14,20H,13H2,(H,26,30)(H,28,29). The Balaban J connectivity index is 1.70. The number of halogens is 1. The number of nitrogens with one attached hydrogen (secondary N) is 1. The van der Waals surface area contributed by atoms with Gasteiger partial charge in [0.2, 0.25) is 0 Å². The number of aromatic nitrogens is 2. The fourth-order valence-corrected chi connectivity index (χ4v) is 3.80. The molecule has 3 aromatic carbocycles. The lowest BCUT2D eigenvalue weighted by Gasteiger charge is -2.18. The van der Waals surface area contributed by atoms with Crippen LogP contribution >= 0.6 is 15.9 Å². The van der Waals surface area contributed by atoms with Gasteiger partial charge in [-0.05, 0) is 42.0 Å².